The summed E-state index contributed by atoms with van der Waals surface area (Å²) in [6.45, 7) is 0. The van der Waals surface area contributed by atoms with Crippen molar-refractivity contribution < 1.29 is 13.2 Å². The number of anilines is 1. The first-order chi connectivity index (χ1) is 10.7. The van der Waals surface area contributed by atoms with Crippen molar-refractivity contribution in [1.82, 2.24) is 9.29 Å². The van der Waals surface area contributed by atoms with E-state index in [0.717, 1.165) is 4.31 Å². The Hall–Kier alpha value is -1.97. The number of aromatic amines is 1. The largest absolute Gasteiger partial charge is 0.326 e. The Morgan fingerprint density at radius 3 is 2.39 bits per heavy atom. The lowest BCUT2D eigenvalue weighted by Gasteiger charge is -2.11. The van der Waals surface area contributed by atoms with Crippen LogP contribution in [0.2, 0.25) is 0 Å². The summed E-state index contributed by atoms with van der Waals surface area (Å²) in [5.41, 5.74) is -0.107. The molecule has 1 aromatic heterocycles. The molecule has 1 heterocycles. The molecule has 0 saturated heterocycles. The molecule has 0 bridgehead atoms. The fraction of sp³-hybridized carbons (Fsp3) is 0.143. The van der Waals surface area contributed by atoms with E-state index < -0.39 is 21.5 Å². The molecule has 0 unspecified atom stereocenters. The molecule has 2 rings (SSSR count). The van der Waals surface area contributed by atoms with E-state index in [9.17, 15) is 18.0 Å². The van der Waals surface area contributed by atoms with E-state index >= 15 is 0 Å². The standard InChI is InChI=1S/C14H14BrN3O4S/c1-18(2)23(21,22)11-5-3-9(4-6-11)13(19)17-12-7-10(15)8-16-14(12)20/h3-8H,1-2H3,(H,16,20)(H,17,19). The maximum Gasteiger partial charge on any atom is 0.271 e. The van der Waals surface area contributed by atoms with Gasteiger partial charge in [0.1, 0.15) is 5.69 Å². The molecule has 9 heteroatoms. The van der Waals surface area contributed by atoms with Crippen LogP contribution >= 0.6 is 15.9 Å². The number of benzene rings is 1. The van der Waals surface area contributed by atoms with Gasteiger partial charge in [-0.15, -0.1) is 0 Å². The lowest BCUT2D eigenvalue weighted by Crippen LogP contribution is -2.22. The van der Waals surface area contributed by atoms with E-state index in [2.05, 4.69) is 26.2 Å². The highest BCUT2D eigenvalue weighted by Gasteiger charge is 2.17. The predicted molar refractivity (Wildman–Crippen MR) is 90.0 cm³/mol. The quantitative estimate of drug-likeness (QED) is 0.815. The van der Waals surface area contributed by atoms with Gasteiger partial charge in [0.2, 0.25) is 10.0 Å². The summed E-state index contributed by atoms with van der Waals surface area (Å²) in [4.78, 5) is 26.3. The third kappa shape index (κ3) is 3.87. The van der Waals surface area contributed by atoms with Crippen molar-refractivity contribution in [3.63, 3.8) is 0 Å². The molecule has 0 radical (unpaired) electrons. The lowest BCUT2D eigenvalue weighted by molar-refractivity contribution is 0.102. The zero-order chi connectivity index (χ0) is 17.2. The number of sulfonamides is 1. The lowest BCUT2D eigenvalue weighted by atomic mass is 10.2. The molecular weight excluding hydrogens is 386 g/mol. The smallest absolute Gasteiger partial charge is 0.271 e. The van der Waals surface area contributed by atoms with Gasteiger partial charge in [0.05, 0.1) is 4.90 Å². The summed E-state index contributed by atoms with van der Waals surface area (Å²) >= 11 is 3.19. The summed E-state index contributed by atoms with van der Waals surface area (Å²) in [5, 5.41) is 2.48. The number of amides is 1. The Bertz CT molecular complexity index is 889. The van der Waals surface area contributed by atoms with E-state index in [0.29, 0.717) is 4.47 Å². The molecule has 7 nitrogen and oxygen atoms in total. The second-order valence-corrected chi connectivity index (χ2v) is 7.89. The SMILES string of the molecule is CN(C)S(=O)(=O)c1ccc(C(=O)Nc2cc(Br)c[nH]c2=O)cc1. The van der Waals surface area contributed by atoms with Gasteiger partial charge in [0.25, 0.3) is 11.5 Å². The van der Waals surface area contributed by atoms with Gasteiger partial charge >= 0.3 is 0 Å². The predicted octanol–water partition coefficient (Wildman–Crippen LogP) is 1.64. The molecule has 0 aliphatic heterocycles. The van der Waals surface area contributed by atoms with Crippen molar-refractivity contribution in [2.75, 3.05) is 19.4 Å². The monoisotopic (exact) mass is 399 g/mol. The summed E-state index contributed by atoms with van der Waals surface area (Å²) < 4.78 is 25.6. The van der Waals surface area contributed by atoms with Crippen LogP contribution in [0.1, 0.15) is 10.4 Å². The molecule has 0 saturated carbocycles. The molecule has 2 N–H and O–H groups in total. The first-order valence-electron chi connectivity index (χ1n) is 6.44. The van der Waals surface area contributed by atoms with Crippen molar-refractivity contribution in [3.05, 3.63) is 56.9 Å². The maximum absolute atomic E-state index is 12.1. The Morgan fingerprint density at radius 2 is 1.83 bits per heavy atom. The minimum Gasteiger partial charge on any atom is -0.326 e. The van der Waals surface area contributed by atoms with Crippen LogP contribution in [0.25, 0.3) is 0 Å². The summed E-state index contributed by atoms with van der Waals surface area (Å²) in [7, 11) is -0.698. The highest BCUT2D eigenvalue weighted by molar-refractivity contribution is 9.10. The highest BCUT2D eigenvalue weighted by Crippen LogP contribution is 2.15. The number of carbonyl (C=O) groups is 1. The Balaban J connectivity index is 2.24. The number of nitrogens with zero attached hydrogens (tertiary/aromatic N) is 1. The van der Waals surface area contributed by atoms with Gasteiger partial charge in [0, 0.05) is 30.3 Å². The van der Waals surface area contributed by atoms with Crippen LogP contribution in [0.4, 0.5) is 5.69 Å². The van der Waals surface area contributed by atoms with Gasteiger partial charge in [-0.05, 0) is 46.3 Å². The van der Waals surface area contributed by atoms with Crippen molar-refractivity contribution in [1.29, 1.82) is 0 Å². The summed E-state index contributed by atoms with van der Waals surface area (Å²) in [5.74, 6) is -0.512. The minimum absolute atomic E-state index is 0.0827. The van der Waals surface area contributed by atoms with Crippen LogP contribution < -0.4 is 10.9 Å². The number of rotatable bonds is 4. The van der Waals surface area contributed by atoms with Crippen molar-refractivity contribution in [3.8, 4) is 0 Å². The highest BCUT2D eigenvalue weighted by atomic mass is 79.9. The van der Waals surface area contributed by atoms with E-state index in [1.807, 2.05) is 0 Å². The molecule has 2 aromatic rings. The van der Waals surface area contributed by atoms with E-state index in [4.69, 9.17) is 0 Å². The van der Waals surface area contributed by atoms with Crippen molar-refractivity contribution in [2.24, 2.45) is 0 Å². The summed E-state index contributed by atoms with van der Waals surface area (Å²) in [6, 6.07) is 6.93. The van der Waals surface area contributed by atoms with Crippen LogP contribution in [-0.2, 0) is 10.0 Å². The van der Waals surface area contributed by atoms with Crippen LogP contribution in [0.5, 0.6) is 0 Å². The number of H-pyrrole nitrogens is 1. The minimum atomic E-state index is -3.55. The molecule has 122 valence electrons. The van der Waals surface area contributed by atoms with Crippen molar-refractivity contribution >= 4 is 37.5 Å². The zero-order valence-electron chi connectivity index (χ0n) is 12.3. The van der Waals surface area contributed by atoms with Gasteiger partial charge in [-0.3, -0.25) is 9.59 Å². The summed E-state index contributed by atoms with van der Waals surface area (Å²) in [6.07, 6.45) is 1.46. The van der Waals surface area contributed by atoms with E-state index in [-0.39, 0.29) is 16.1 Å². The average Bonchev–Trinajstić information content (AvgIpc) is 2.50. The number of nitrogens with one attached hydrogen (secondary N) is 2. The third-order valence-electron chi connectivity index (χ3n) is 3.01. The first-order valence-corrected chi connectivity index (χ1v) is 8.67. The number of halogens is 1. The van der Waals surface area contributed by atoms with Crippen LogP contribution in [0.3, 0.4) is 0 Å². The molecule has 0 fully saturated rings. The van der Waals surface area contributed by atoms with Crippen LogP contribution in [0.15, 0.2) is 50.7 Å². The normalized spacial score (nSPS) is 11.5. The van der Waals surface area contributed by atoms with Crippen LogP contribution in [0, 0.1) is 0 Å². The fourth-order valence-corrected chi connectivity index (χ4v) is 2.98. The number of hydrogen-bond acceptors (Lipinski definition) is 4. The fourth-order valence-electron chi connectivity index (χ4n) is 1.73. The molecular formula is C14H14BrN3O4S. The van der Waals surface area contributed by atoms with Crippen molar-refractivity contribution in [2.45, 2.75) is 4.90 Å². The average molecular weight is 400 g/mol. The third-order valence-corrected chi connectivity index (χ3v) is 5.30. The number of carbonyl (C=O) groups excluding carboxylic acids is 1. The molecule has 1 aromatic carbocycles. The zero-order valence-corrected chi connectivity index (χ0v) is 14.7. The molecule has 23 heavy (non-hydrogen) atoms. The topological polar surface area (TPSA) is 99.3 Å². The first kappa shape index (κ1) is 17.4. The number of aromatic nitrogens is 1. The number of hydrogen-bond donors (Lipinski definition) is 2. The van der Waals surface area contributed by atoms with Gasteiger partial charge in [0.15, 0.2) is 0 Å². The van der Waals surface area contributed by atoms with E-state index in [1.165, 1.54) is 50.6 Å². The van der Waals surface area contributed by atoms with Gasteiger partial charge in [-0.1, -0.05) is 0 Å². The molecule has 0 aliphatic carbocycles. The molecule has 0 aliphatic rings. The molecule has 0 spiro atoms. The van der Waals surface area contributed by atoms with E-state index in [1.54, 1.807) is 0 Å². The van der Waals surface area contributed by atoms with Gasteiger partial charge in [-0.25, -0.2) is 12.7 Å². The Kier molecular flexibility index (Phi) is 5.03. The second-order valence-electron chi connectivity index (χ2n) is 4.83. The second kappa shape index (κ2) is 6.65. The Labute approximate surface area is 141 Å². The maximum atomic E-state index is 12.1. The van der Waals surface area contributed by atoms with Crippen LogP contribution in [-0.4, -0.2) is 37.7 Å². The Morgan fingerprint density at radius 1 is 1.22 bits per heavy atom. The molecule has 1 amide bonds. The molecule has 0 atom stereocenters. The number of pyridine rings is 1. The van der Waals surface area contributed by atoms with Gasteiger partial charge < -0.3 is 10.3 Å². The van der Waals surface area contributed by atoms with Gasteiger partial charge in [-0.2, -0.15) is 0 Å².